The Hall–Kier alpha value is -3.28. The van der Waals surface area contributed by atoms with Crippen molar-refractivity contribution in [2.75, 3.05) is 0 Å². The fourth-order valence-corrected chi connectivity index (χ4v) is 3.33. The summed E-state index contributed by atoms with van der Waals surface area (Å²) in [5.41, 5.74) is 2.13. The number of hydrogen-bond acceptors (Lipinski definition) is 6. The molecule has 2 aromatic rings. The van der Waals surface area contributed by atoms with Gasteiger partial charge >= 0.3 is 23.9 Å². The first-order valence-corrected chi connectivity index (χ1v) is 6.46. The highest BCUT2D eigenvalue weighted by Gasteiger charge is 2.49. The van der Waals surface area contributed by atoms with Crippen LogP contribution in [0.3, 0.4) is 0 Å². The van der Waals surface area contributed by atoms with Crippen LogP contribution in [0.4, 0.5) is 0 Å². The molecule has 2 heterocycles. The lowest BCUT2D eigenvalue weighted by molar-refractivity contribution is 0.0295. The van der Waals surface area contributed by atoms with Crippen molar-refractivity contribution in [2.24, 2.45) is 0 Å². The summed E-state index contributed by atoms with van der Waals surface area (Å²) in [4.78, 5) is 48.2. The van der Waals surface area contributed by atoms with E-state index in [0.29, 0.717) is 11.1 Å². The smallest absolute Gasteiger partial charge is 0.347 e. The third-order valence-corrected chi connectivity index (χ3v) is 4.15. The second-order valence-electron chi connectivity index (χ2n) is 5.15. The molecular weight excluding hydrogens is 288 g/mol. The molecule has 4 bridgehead atoms. The molecule has 5 rings (SSSR count). The first-order valence-electron chi connectivity index (χ1n) is 6.46. The average molecular weight is 292 g/mol. The van der Waals surface area contributed by atoms with Crippen molar-refractivity contribution in [3.8, 4) is 22.3 Å². The van der Waals surface area contributed by atoms with Crippen LogP contribution < -0.4 is 0 Å². The molecule has 104 valence electrons. The molecule has 2 aliphatic heterocycles. The highest BCUT2D eigenvalue weighted by molar-refractivity contribution is 6.33. The first-order chi connectivity index (χ1) is 10.6. The summed E-state index contributed by atoms with van der Waals surface area (Å²) in [6.45, 7) is 0. The van der Waals surface area contributed by atoms with Crippen LogP contribution in [0.2, 0.25) is 0 Å². The highest BCUT2D eigenvalue weighted by atomic mass is 16.6. The van der Waals surface area contributed by atoms with Gasteiger partial charge in [0, 0.05) is 11.1 Å². The zero-order valence-electron chi connectivity index (χ0n) is 10.8. The Labute approximate surface area is 122 Å². The van der Waals surface area contributed by atoms with Crippen LogP contribution in [0.5, 0.6) is 0 Å². The average Bonchev–Trinajstić information content (AvgIpc) is 2.47. The van der Waals surface area contributed by atoms with E-state index in [9.17, 15) is 19.2 Å². The fraction of sp³-hybridized carbons (Fsp3) is 0. The summed E-state index contributed by atoms with van der Waals surface area (Å²) in [5.74, 6) is -3.76. The van der Waals surface area contributed by atoms with Gasteiger partial charge in [-0.1, -0.05) is 24.3 Å². The van der Waals surface area contributed by atoms with Gasteiger partial charge in [-0.3, -0.25) is 0 Å². The van der Waals surface area contributed by atoms with E-state index in [2.05, 4.69) is 9.47 Å². The summed E-state index contributed by atoms with van der Waals surface area (Å²) in [7, 11) is 0. The van der Waals surface area contributed by atoms with Crippen LogP contribution in [0.1, 0.15) is 41.4 Å². The topological polar surface area (TPSA) is 86.7 Å². The first kappa shape index (κ1) is 11.4. The second kappa shape index (κ2) is 3.30. The Bertz CT molecular complexity index is 918. The molecule has 0 aromatic heterocycles. The van der Waals surface area contributed by atoms with Gasteiger partial charge in [0.15, 0.2) is 0 Å². The fourth-order valence-electron chi connectivity index (χ4n) is 3.33. The zero-order chi connectivity index (χ0) is 15.2. The molecule has 0 saturated carbocycles. The van der Waals surface area contributed by atoms with Crippen molar-refractivity contribution in [2.45, 2.75) is 0 Å². The molecule has 2 aromatic carbocycles. The third kappa shape index (κ3) is 1.02. The minimum Gasteiger partial charge on any atom is -0.386 e. The second-order valence-corrected chi connectivity index (χ2v) is 5.15. The number of carbonyl (C=O) groups excluding carboxylic acids is 4. The SMILES string of the molecule is O=C1OC(=O)c2c3c1c(c1c2-c2ccccc2-1)C(=O)OC3=O. The lowest BCUT2D eigenvalue weighted by atomic mass is 9.71. The zero-order valence-corrected chi connectivity index (χ0v) is 10.8. The summed E-state index contributed by atoms with van der Waals surface area (Å²) in [6, 6.07) is 7.13. The number of benzene rings is 2. The Morgan fingerprint density at radius 2 is 0.818 bits per heavy atom. The molecule has 3 aliphatic rings. The van der Waals surface area contributed by atoms with E-state index in [4.69, 9.17) is 0 Å². The predicted molar refractivity (Wildman–Crippen MR) is 70.4 cm³/mol. The summed E-state index contributed by atoms with van der Waals surface area (Å²) in [5, 5.41) is 0. The van der Waals surface area contributed by atoms with Crippen molar-refractivity contribution in [3.05, 3.63) is 46.5 Å². The van der Waals surface area contributed by atoms with Gasteiger partial charge in [0.05, 0.1) is 22.3 Å². The van der Waals surface area contributed by atoms with Crippen molar-refractivity contribution < 1.29 is 28.7 Å². The van der Waals surface area contributed by atoms with Gasteiger partial charge in [-0.25, -0.2) is 19.2 Å². The molecule has 1 aliphatic carbocycles. The number of carbonyl (C=O) groups is 4. The molecule has 0 amide bonds. The summed E-state index contributed by atoms with van der Waals surface area (Å²) in [6.07, 6.45) is 0. The number of fused-ring (bicyclic) bond motifs is 6. The van der Waals surface area contributed by atoms with Crippen LogP contribution in [0.25, 0.3) is 22.3 Å². The quantitative estimate of drug-likeness (QED) is 0.465. The van der Waals surface area contributed by atoms with Crippen LogP contribution in [0.15, 0.2) is 24.3 Å². The molecule has 6 heteroatoms. The number of rotatable bonds is 0. The number of cyclic esters (lactones) is 4. The van der Waals surface area contributed by atoms with Crippen LogP contribution in [-0.2, 0) is 9.47 Å². The number of esters is 4. The molecule has 0 radical (unpaired) electrons. The van der Waals surface area contributed by atoms with Crippen LogP contribution in [0, 0.1) is 0 Å². The molecule has 0 atom stereocenters. The van der Waals surface area contributed by atoms with E-state index in [1.165, 1.54) is 0 Å². The van der Waals surface area contributed by atoms with Gasteiger partial charge in [0.25, 0.3) is 0 Å². The van der Waals surface area contributed by atoms with Crippen molar-refractivity contribution >= 4 is 23.9 Å². The lowest BCUT2D eigenvalue weighted by Crippen LogP contribution is -2.37. The molecule has 0 fully saturated rings. The molecule has 22 heavy (non-hydrogen) atoms. The van der Waals surface area contributed by atoms with E-state index < -0.39 is 23.9 Å². The third-order valence-electron chi connectivity index (χ3n) is 4.15. The van der Waals surface area contributed by atoms with Gasteiger partial charge in [0.2, 0.25) is 0 Å². The highest BCUT2D eigenvalue weighted by Crippen LogP contribution is 2.55. The van der Waals surface area contributed by atoms with Gasteiger partial charge in [0.1, 0.15) is 0 Å². The maximum absolute atomic E-state index is 12.1. The standard InChI is InChI=1S/C16H4O6/c17-13-9-7-5-3-1-2-4-6(5)8(7)10-12(16(20)21-13)11(9)15(19)22-14(10)18/h1-4H. The van der Waals surface area contributed by atoms with E-state index in [1.54, 1.807) is 24.3 Å². The largest absolute Gasteiger partial charge is 0.386 e. The van der Waals surface area contributed by atoms with Crippen molar-refractivity contribution in [1.82, 2.24) is 0 Å². The van der Waals surface area contributed by atoms with E-state index in [0.717, 1.165) is 11.1 Å². The van der Waals surface area contributed by atoms with Gasteiger partial charge in [-0.2, -0.15) is 0 Å². The van der Waals surface area contributed by atoms with Crippen LogP contribution >= 0.6 is 0 Å². The van der Waals surface area contributed by atoms with Gasteiger partial charge in [-0.15, -0.1) is 0 Å². The molecule has 0 saturated heterocycles. The Kier molecular flexibility index (Phi) is 1.71. The molecule has 6 nitrogen and oxygen atoms in total. The van der Waals surface area contributed by atoms with E-state index in [-0.39, 0.29) is 22.3 Å². The molecular formula is C16H4O6. The molecule has 0 N–H and O–H groups in total. The lowest BCUT2D eigenvalue weighted by Gasteiger charge is -2.34. The van der Waals surface area contributed by atoms with Crippen molar-refractivity contribution in [3.63, 3.8) is 0 Å². The normalized spacial score (nSPS) is 16.4. The maximum Gasteiger partial charge on any atom is 0.347 e. The van der Waals surface area contributed by atoms with E-state index in [1.807, 2.05) is 0 Å². The molecule has 0 unspecified atom stereocenters. The Balaban J connectivity index is 2.04. The van der Waals surface area contributed by atoms with Crippen LogP contribution in [-0.4, -0.2) is 23.9 Å². The maximum atomic E-state index is 12.1. The molecule has 0 spiro atoms. The van der Waals surface area contributed by atoms with Gasteiger partial charge < -0.3 is 9.47 Å². The minimum atomic E-state index is -0.986. The Morgan fingerprint density at radius 1 is 0.500 bits per heavy atom. The summed E-state index contributed by atoms with van der Waals surface area (Å²) < 4.78 is 9.33. The minimum absolute atomic E-state index is 0.00421. The number of hydrogen-bond donors (Lipinski definition) is 0. The predicted octanol–water partition coefficient (Wildman–Crippen LogP) is 1.96. The Morgan fingerprint density at radius 3 is 1.18 bits per heavy atom. The van der Waals surface area contributed by atoms with Crippen molar-refractivity contribution in [1.29, 1.82) is 0 Å². The monoisotopic (exact) mass is 292 g/mol. The van der Waals surface area contributed by atoms with Gasteiger partial charge in [-0.05, 0) is 11.1 Å². The summed E-state index contributed by atoms with van der Waals surface area (Å²) >= 11 is 0. The number of ether oxygens (including phenoxy) is 2. The van der Waals surface area contributed by atoms with E-state index >= 15 is 0 Å².